The van der Waals surface area contributed by atoms with Gasteiger partial charge < -0.3 is 19.5 Å². The fourth-order valence-corrected chi connectivity index (χ4v) is 3.94. The van der Waals surface area contributed by atoms with Crippen molar-refractivity contribution in [1.29, 1.82) is 0 Å². The molecule has 0 fully saturated rings. The minimum Gasteiger partial charge on any atom is -0.490 e. The van der Waals surface area contributed by atoms with E-state index >= 15 is 0 Å². The number of anilines is 1. The number of hydrogen-bond donors (Lipinski definition) is 1. The lowest BCUT2D eigenvalue weighted by Crippen LogP contribution is -2.17. The van der Waals surface area contributed by atoms with Crippen LogP contribution in [-0.2, 0) is 16.0 Å². The van der Waals surface area contributed by atoms with Crippen molar-refractivity contribution in [3.05, 3.63) is 90.1 Å². The van der Waals surface area contributed by atoms with Crippen LogP contribution in [0.5, 0.6) is 17.4 Å². The maximum absolute atomic E-state index is 12.5. The third kappa shape index (κ3) is 6.64. The Labute approximate surface area is 216 Å². The highest BCUT2D eigenvalue weighted by molar-refractivity contribution is 6.01. The summed E-state index contributed by atoms with van der Waals surface area (Å²) in [6, 6.07) is 22.1. The molecule has 0 spiro atoms. The fraction of sp³-hybridized carbons (Fsp3) is 0.233. The van der Waals surface area contributed by atoms with Crippen molar-refractivity contribution >= 4 is 28.3 Å². The lowest BCUT2D eigenvalue weighted by atomic mass is 10.1. The molecule has 0 unspecified atom stereocenters. The van der Waals surface area contributed by atoms with Crippen molar-refractivity contribution in [2.45, 2.75) is 39.2 Å². The number of fused-ring (bicyclic) bond motifs is 1. The maximum Gasteiger partial charge on any atom is 0.339 e. The van der Waals surface area contributed by atoms with Gasteiger partial charge in [-0.25, -0.2) is 9.78 Å². The smallest absolute Gasteiger partial charge is 0.339 e. The third-order valence-electron chi connectivity index (χ3n) is 5.99. The zero-order valence-electron chi connectivity index (χ0n) is 21.2. The van der Waals surface area contributed by atoms with E-state index < -0.39 is 5.97 Å². The number of nitrogens with one attached hydrogen (secondary N) is 1. The van der Waals surface area contributed by atoms with E-state index in [1.807, 2.05) is 36.4 Å². The van der Waals surface area contributed by atoms with Crippen molar-refractivity contribution in [1.82, 2.24) is 4.98 Å². The first-order chi connectivity index (χ1) is 18.0. The van der Waals surface area contributed by atoms with E-state index in [4.69, 9.17) is 14.2 Å². The topological polar surface area (TPSA) is 86.8 Å². The first kappa shape index (κ1) is 25.7. The van der Waals surface area contributed by atoms with Gasteiger partial charge in [-0.3, -0.25) is 4.79 Å². The molecule has 0 atom stereocenters. The van der Waals surface area contributed by atoms with Crippen LogP contribution in [0.25, 0.3) is 10.8 Å². The molecule has 0 aliphatic rings. The number of amides is 1. The molecule has 1 heterocycles. The highest BCUT2D eigenvalue weighted by atomic mass is 16.5. The van der Waals surface area contributed by atoms with Crippen LogP contribution in [0.4, 0.5) is 5.69 Å². The van der Waals surface area contributed by atoms with Gasteiger partial charge in [-0.1, -0.05) is 44.2 Å². The first-order valence-corrected chi connectivity index (χ1v) is 12.3. The van der Waals surface area contributed by atoms with Gasteiger partial charge in [0.1, 0.15) is 11.5 Å². The van der Waals surface area contributed by atoms with Crippen molar-refractivity contribution < 1.29 is 23.8 Å². The molecule has 0 bridgehead atoms. The molecule has 0 radical (unpaired) electrons. The molecule has 1 N–H and O–H groups in total. The van der Waals surface area contributed by atoms with Gasteiger partial charge in [0, 0.05) is 12.3 Å². The summed E-state index contributed by atoms with van der Waals surface area (Å²) in [6.45, 7) is 4.25. The Morgan fingerprint density at radius 3 is 2.27 bits per heavy atom. The van der Waals surface area contributed by atoms with Gasteiger partial charge in [0.25, 0.3) is 0 Å². The quantitative estimate of drug-likeness (QED) is 0.249. The Morgan fingerprint density at radius 1 is 0.892 bits per heavy atom. The molecule has 0 saturated heterocycles. The van der Waals surface area contributed by atoms with E-state index in [9.17, 15) is 9.59 Å². The number of pyridine rings is 1. The Hall–Kier alpha value is -4.39. The van der Waals surface area contributed by atoms with Gasteiger partial charge in [0.15, 0.2) is 0 Å². The third-order valence-corrected chi connectivity index (χ3v) is 5.99. The number of carbonyl (C=O) groups is 2. The second kappa shape index (κ2) is 12.0. The molecule has 4 rings (SSSR count). The van der Waals surface area contributed by atoms with Crippen LogP contribution in [0, 0.1) is 0 Å². The summed E-state index contributed by atoms with van der Waals surface area (Å²) in [5, 5.41) is 4.86. The Kier molecular flexibility index (Phi) is 8.36. The van der Waals surface area contributed by atoms with E-state index in [1.54, 1.807) is 42.6 Å². The number of aromatic nitrogens is 1. The first-order valence-electron chi connectivity index (χ1n) is 12.3. The van der Waals surface area contributed by atoms with Crippen LogP contribution in [0.15, 0.2) is 79.0 Å². The van der Waals surface area contributed by atoms with E-state index in [1.165, 1.54) is 7.11 Å². The molecule has 3 aromatic carbocycles. The van der Waals surface area contributed by atoms with Crippen LogP contribution in [-0.4, -0.2) is 30.1 Å². The van der Waals surface area contributed by atoms with Gasteiger partial charge in [-0.2, -0.15) is 0 Å². The van der Waals surface area contributed by atoms with Crippen LogP contribution >= 0.6 is 0 Å². The SMILES string of the molecule is CCC(CC)Oc1ccc2cc(Oc3ccc(CC(=O)Nc4ccccc4C(=O)OC)cn3)ccc2c1. The number of hydrogen-bond acceptors (Lipinski definition) is 6. The largest absolute Gasteiger partial charge is 0.490 e. The monoisotopic (exact) mass is 498 g/mol. The lowest BCUT2D eigenvalue weighted by Gasteiger charge is -2.16. The Morgan fingerprint density at radius 2 is 1.59 bits per heavy atom. The number of methoxy groups -OCH3 is 1. The van der Waals surface area contributed by atoms with Crippen molar-refractivity contribution in [2.24, 2.45) is 0 Å². The summed E-state index contributed by atoms with van der Waals surface area (Å²) >= 11 is 0. The number of para-hydroxylation sites is 1. The van der Waals surface area contributed by atoms with Crippen LogP contribution in [0.2, 0.25) is 0 Å². The molecular formula is C30H30N2O5. The van der Waals surface area contributed by atoms with Crippen molar-refractivity contribution in [2.75, 3.05) is 12.4 Å². The van der Waals surface area contributed by atoms with Gasteiger partial charge in [0.2, 0.25) is 11.8 Å². The van der Waals surface area contributed by atoms with E-state index in [2.05, 4.69) is 24.1 Å². The molecule has 37 heavy (non-hydrogen) atoms. The average Bonchev–Trinajstić information content (AvgIpc) is 2.92. The van der Waals surface area contributed by atoms with Crippen LogP contribution < -0.4 is 14.8 Å². The summed E-state index contributed by atoms with van der Waals surface area (Å²) in [5.74, 6) is 1.17. The standard InChI is InChI=1S/C30H30N2O5/c1-4-23(5-2)36-24-13-11-22-18-25(14-12-21(22)17-24)37-29-15-10-20(19-31-29)16-28(33)32-27-9-7-6-8-26(27)30(34)35-3/h6-15,17-19,23H,4-5,16H2,1-3H3,(H,32,33). The van der Waals surface area contributed by atoms with Crippen molar-refractivity contribution in [3.63, 3.8) is 0 Å². The van der Waals surface area contributed by atoms with Gasteiger partial charge >= 0.3 is 5.97 Å². The molecule has 7 nitrogen and oxygen atoms in total. The molecule has 7 heteroatoms. The Balaban J connectivity index is 1.38. The van der Waals surface area contributed by atoms with E-state index in [0.717, 1.165) is 29.4 Å². The summed E-state index contributed by atoms with van der Waals surface area (Å²) in [6.07, 6.45) is 3.86. The molecule has 1 amide bonds. The summed E-state index contributed by atoms with van der Waals surface area (Å²) in [4.78, 5) is 28.8. The summed E-state index contributed by atoms with van der Waals surface area (Å²) in [7, 11) is 1.30. The fourth-order valence-electron chi connectivity index (χ4n) is 3.94. The molecular weight excluding hydrogens is 468 g/mol. The summed E-state index contributed by atoms with van der Waals surface area (Å²) in [5.41, 5.74) is 1.41. The number of rotatable bonds is 10. The number of ether oxygens (including phenoxy) is 3. The minimum atomic E-state index is -0.511. The van der Waals surface area contributed by atoms with Crippen LogP contribution in [0.1, 0.15) is 42.6 Å². The van der Waals surface area contributed by atoms with Crippen LogP contribution in [0.3, 0.4) is 0 Å². The second-order valence-electron chi connectivity index (χ2n) is 8.60. The molecule has 0 aliphatic carbocycles. The van der Waals surface area contributed by atoms with E-state index in [0.29, 0.717) is 28.4 Å². The molecule has 4 aromatic rings. The number of benzene rings is 3. The highest BCUT2D eigenvalue weighted by Gasteiger charge is 2.14. The van der Waals surface area contributed by atoms with Crippen molar-refractivity contribution in [3.8, 4) is 17.4 Å². The molecule has 190 valence electrons. The minimum absolute atomic E-state index is 0.0973. The van der Waals surface area contributed by atoms with Gasteiger partial charge in [0.05, 0.1) is 30.9 Å². The predicted octanol–water partition coefficient (Wildman–Crippen LogP) is 6.56. The summed E-state index contributed by atoms with van der Waals surface area (Å²) < 4.78 is 16.8. The highest BCUT2D eigenvalue weighted by Crippen LogP contribution is 2.28. The average molecular weight is 499 g/mol. The molecule has 1 aromatic heterocycles. The van der Waals surface area contributed by atoms with E-state index in [-0.39, 0.29) is 18.4 Å². The zero-order valence-corrected chi connectivity index (χ0v) is 21.2. The molecule has 0 aliphatic heterocycles. The maximum atomic E-state index is 12.5. The van der Waals surface area contributed by atoms with Gasteiger partial charge in [-0.15, -0.1) is 0 Å². The normalized spacial score (nSPS) is 10.8. The second-order valence-corrected chi connectivity index (χ2v) is 8.60. The number of nitrogens with zero attached hydrogens (tertiary/aromatic N) is 1. The number of esters is 1. The molecule has 0 saturated carbocycles. The lowest BCUT2D eigenvalue weighted by molar-refractivity contribution is -0.115. The Bertz CT molecular complexity index is 1380. The van der Waals surface area contributed by atoms with Gasteiger partial charge in [-0.05, 0) is 65.6 Å². The number of carbonyl (C=O) groups excluding carboxylic acids is 2. The predicted molar refractivity (Wildman–Crippen MR) is 143 cm³/mol. The zero-order chi connectivity index (χ0) is 26.2.